The molecule has 5 heteroatoms. The third-order valence-corrected chi connectivity index (χ3v) is 4.37. The molecule has 0 fully saturated rings. The smallest absolute Gasteiger partial charge is 0.193 e. The highest BCUT2D eigenvalue weighted by atomic mass is 79.9. The molecular weight excluding hydrogens is 356 g/mol. The number of halogens is 2. The van der Waals surface area contributed by atoms with Crippen LogP contribution in [0, 0.1) is 6.92 Å². The number of ether oxygens (including phenoxy) is 2. The quantitative estimate of drug-likeness (QED) is 0.735. The molecule has 0 saturated carbocycles. The lowest BCUT2D eigenvalue weighted by Crippen LogP contribution is -2.05. The second-order valence-electron chi connectivity index (χ2n) is 4.48. The average molecular weight is 370 g/mol. The number of hydrogen-bond donors (Lipinski definition) is 0. The van der Waals surface area contributed by atoms with Crippen LogP contribution in [-0.2, 0) is 0 Å². The number of carbonyl (C=O) groups is 1. The summed E-state index contributed by atoms with van der Waals surface area (Å²) in [6.45, 7) is 1.86. The van der Waals surface area contributed by atoms with Gasteiger partial charge in [-0.3, -0.25) is 4.79 Å². The largest absolute Gasteiger partial charge is 0.493 e. The first-order valence-corrected chi connectivity index (χ1v) is 7.37. The summed E-state index contributed by atoms with van der Waals surface area (Å²) in [7, 11) is 3.11. The number of carbonyl (C=O) groups excluding carboxylic acids is 1. The minimum Gasteiger partial charge on any atom is -0.493 e. The maximum Gasteiger partial charge on any atom is 0.193 e. The van der Waals surface area contributed by atoms with Crippen LogP contribution in [0.4, 0.5) is 0 Å². The van der Waals surface area contributed by atoms with Crippen molar-refractivity contribution in [3.05, 3.63) is 56.5 Å². The first-order valence-electron chi connectivity index (χ1n) is 6.20. The van der Waals surface area contributed by atoms with Crippen molar-refractivity contribution in [2.45, 2.75) is 6.92 Å². The zero-order chi connectivity index (χ0) is 15.6. The fourth-order valence-corrected chi connectivity index (χ4v) is 2.51. The topological polar surface area (TPSA) is 35.5 Å². The van der Waals surface area contributed by atoms with Crippen LogP contribution in [0.25, 0.3) is 0 Å². The lowest BCUT2D eigenvalue weighted by atomic mass is 9.98. The third-order valence-electron chi connectivity index (χ3n) is 3.16. The molecule has 0 aliphatic heterocycles. The van der Waals surface area contributed by atoms with Gasteiger partial charge in [0, 0.05) is 15.6 Å². The molecule has 0 aromatic heterocycles. The van der Waals surface area contributed by atoms with Crippen LogP contribution in [0.15, 0.2) is 34.8 Å². The highest BCUT2D eigenvalue weighted by molar-refractivity contribution is 9.10. The summed E-state index contributed by atoms with van der Waals surface area (Å²) >= 11 is 9.28. The summed E-state index contributed by atoms with van der Waals surface area (Å²) in [5.74, 6) is 1.04. The van der Waals surface area contributed by atoms with E-state index in [9.17, 15) is 4.79 Å². The fraction of sp³-hybridized carbons (Fsp3) is 0.188. The lowest BCUT2D eigenvalue weighted by molar-refractivity contribution is 0.103. The SMILES string of the molecule is COc1cc(C)c(C(=O)c2ccc(Cl)c(Br)c2)cc1OC. The van der Waals surface area contributed by atoms with Crippen molar-refractivity contribution in [1.29, 1.82) is 0 Å². The van der Waals surface area contributed by atoms with Gasteiger partial charge >= 0.3 is 0 Å². The molecule has 0 saturated heterocycles. The van der Waals surface area contributed by atoms with E-state index in [-0.39, 0.29) is 5.78 Å². The molecule has 2 aromatic carbocycles. The first-order chi connectivity index (χ1) is 9.97. The van der Waals surface area contributed by atoms with Crippen molar-refractivity contribution in [2.24, 2.45) is 0 Å². The summed E-state index contributed by atoms with van der Waals surface area (Å²) < 4.78 is 11.2. The van der Waals surface area contributed by atoms with Gasteiger partial charge in [0.2, 0.25) is 0 Å². The Morgan fingerprint density at radius 3 is 2.29 bits per heavy atom. The maximum absolute atomic E-state index is 12.6. The standard InChI is InChI=1S/C16H14BrClO3/c1-9-6-14(20-2)15(21-3)8-11(9)16(19)10-4-5-13(18)12(17)7-10/h4-8H,1-3H3. The summed E-state index contributed by atoms with van der Waals surface area (Å²) in [6, 6.07) is 8.58. The van der Waals surface area contributed by atoms with E-state index in [4.69, 9.17) is 21.1 Å². The van der Waals surface area contributed by atoms with E-state index in [0.29, 0.717) is 32.1 Å². The predicted octanol–water partition coefficient (Wildman–Crippen LogP) is 4.66. The summed E-state index contributed by atoms with van der Waals surface area (Å²) in [6.07, 6.45) is 0. The van der Waals surface area contributed by atoms with Crippen LogP contribution >= 0.6 is 27.5 Å². The molecule has 0 radical (unpaired) electrons. The number of aryl methyl sites for hydroxylation is 1. The molecule has 0 spiro atoms. The van der Waals surface area contributed by atoms with Crippen molar-refractivity contribution in [3.8, 4) is 11.5 Å². The van der Waals surface area contributed by atoms with E-state index < -0.39 is 0 Å². The molecule has 3 nitrogen and oxygen atoms in total. The maximum atomic E-state index is 12.6. The number of benzene rings is 2. The molecule has 2 rings (SSSR count). The Hall–Kier alpha value is -1.52. The number of methoxy groups -OCH3 is 2. The molecule has 0 amide bonds. The van der Waals surface area contributed by atoms with Gasteiger partial charge in [-0.1, -0.05) is 11.6 Å². The van der Waals surface area contributed by atoms with Crippen LogP contribution < -0.4 is 9.47 Å². The third kappa shape index (κ3) is 3.22. The van der Waals surface area contributed by atoms with E-state index in [1.54, 1.807) is 44.6 Å². The summed E-state index contributed by atoms with van der Waals surface area (Å²) in [4.78, 5) is 12.6. The Labute approximate surface area is 137 Å². The molecule has 2 aromatic rings. The van der Waals surface area contributed by atoms with Crippen molar-refractivity contribution >= 4 is 33.3 Å². The van der Waals surface area contributed by atoms with E-state index in [1.807, 2.05) is 6.92 Å². The molecule has 0 heterocycles. The minimum absolute atomic E-state index is 0.0918. The van der Waals surface area contributed by atoms with Crippen LogP contribution in [0.3, 0.4) is 0 Å². The lowest BCUT2D eigenvalue weighted by Gasteiger charge is -2.12. The Balaban J connectivity index is 2.50. The van der Waals surface area contributed by atoms with Gasteiger partial charge in [0.05, 0.1) is 19.2 Å². The monoisotopic (exact) mass is 368 g/mol. The fourth-order valence-electron chi connectivity index (χ4n) is 2.02. The zero-order valence-corrected chi connectivity index (χ0v) is 14.2. The normalized spacial score (nSPS) is 10.3. The first kappa shape index (κ1) is 15.9. The zero-order valence-electron chi connectivity index (χ0n) is 11.9. The van der Waals surface area contributed by atoms with E-state index >= 15 is 0 Å². The van der Waals surface area contributed by atoms with Crippen molar-refractivity contribution in [1.82, 2.24) is 0 Å². The molecule has 0 aliphatic rings. The molecule has 110 valence electrons. The van der Waals surface area contributed by atoms with Gasteiger partial charge in [-0.2, -0.15) is 0 Å². The van der Waals surface area contributed by atoms with Crippen molar-refractivity contribution < 1.29 is 14.3 Å². The molecule has 0 N–H and O–H groups in total. The van der Waals surface area contributed by atoms with Gasteiger partial charge in [-0.25, -0.2) is 0 Å². The molecule has 21 heavy (non-hydrogen) atoms. The van der Waals surface area contributed by atoms with Crippen LogP contribution in [0.5, 0.6) is 11.5 Å². The van der Waals surface area contributed by atoms with Crippen LogP contribution in [0.2, 0.25) is 5.02 Å². The molecular formula is C16H14BrClO3. The summed E-state index contributed by atoms with van der Waals surface area (Å²) in [5.41, 5.74) is 1.95. The number of hydrogen-bond acceptors (Lipinski definition) is 3. The van der Waals surface area contributed by atoms with E-state index in [2.05, 4.69) is 15.9 Å². The Kier molecular flexibility index (Phi) is 4.91. The highest BCUT2D eigenvalue weighted by Crippen LogP contribution is 2.32. The Bertz CT molecular complexity index is 698. The Morgan fingerprint density at radius 2 is 1.71 bits per heavy atom. The average Bonchev–Trinajstić information content (AvgIpc) is 2.49. The van der Waals surface area contributed by atoms with Gasteiger partial charge < -0.3 is 9.47 Å². The second kappa shape index (κ2) is 6.50. The molecule has 0 aliphatic carbocycles. The van der Waals surface area contributed by atoms with Crippen molar-refractivity contribution in [2.75, 3.05) is 14.2 Å². The van der Waals surface area contributed by atoms with Gasteiger partial charge in [-0.15, -0.1) is 0 Å². The van der Waals surface area contributed by atoms with Crippen LogP contribution in [0.1, 0.15) is 21.5 Å². The van der Waals surface area contributed by atoms with E-state index in [0.717, 1.165) is 5.56 Å². The van der Waals surface area contributed by atoms with Gasteiger partial charge in [0.1, 0.15) is 0 Å². The van der Waals surface area contributed by atoms with Gasteiger partial charge in [-0.05, 0) is 58.7 Å². The molecule has 0 unspecified atom stereocenters. The van der Waals surface area contributed by atoms with Gasteiger partial charge in [0.25, 0.3) is 0 Å². The van der Waals surface area contributed by atoms with Crippen molar-refractivity contribution in [3.63, 3.8) is 0 Å². The Morgan fingerprint density at radius 1 is 1.10 bits per heavy atom. The second-order valence-corrected chi connectivity index (χ2v) is 5.74. The minimum atomic E-state index is -0.0918. The number of rotatable bonds is 4. The van der Waals surface area contributed by atoms with Gasteiger partial charge in [0.15, 0.2) is 17.3 Å². The molecule has 0 bridgehead atoms. The predicted molar refractivity (Wildman–Crippen MR) is 86.9 cm³/mol. The highest BCUT2D eigenvalue weighted by Gasteiger charge is 2.16. The molecule has 0 atom stereocenters. The van der Waals surface area contributed by atoms with E-state index in [1.165, 1.54) is 0 Å². The number of ketones is 1. The summed E-state index contributed by atoms with van der Waals surface area (Å²) in [5, 5.41) is 0.565. The van der Waals surface area contributed by atoms with Crippen LogP contribution in [-0.4, -0.2) is 20.0 Å².